The number of rotatable bonds is 5. The Labute approximate surface area is 165 Å². The second-order valence-electron chi connectivity index (χ2n) is 6.67. The molecule has 10 nitrogen and oxygen atoms in total. The average molecular weight is 394 g/mol. The average Bonchev–Trinajstić information content (AvgIpc) is 3.18. The summed E-state index contributed by atoms with van der Waals surface area (Å²) in [7, 11) is 0. The van der Waals surface area contributed by atoms with Gasteiger partial charge in [0.15, 0.2) is 6.73 Å². The summed E-state index contributed by atoms with van der Waals surface area (Å²) in [4.78, 5) is 46.1. The molecule has 2 aromatic heterocycles. The van der Waals surface area contributed by atoms with E-state index in [4.69, 9.17) is 10.5 Å². The van der Waals surface area contributed by atoms with Crippen LogP contribution in [0.4, 0.5) is 5.95 Å². The third-order valence-electron chi connectivity index (χ3n) is 4.88. The van der Waals surface area contributed by atoms with Crippen LogP contribution in [0.1, 0.15) is 44.1 Å². The molecule has 2 N–H and O–H groups in total. The van der Waals surface area contributed by atoms with E-state index in [1.54, 1.807) is 24.3 Å². The number of amides is 2. The largest absolute Gasteiger partial charge is 0.444 e. The first-order valence-electron chi connectivity index (χ1n) is 8.96. The molecule has 3 aromatic rings. The normalized spacial score (nSPS) is 13.2. The molecule has 148 valence electrons. The number of hydrogen-bond donors (Lipinski definition) is 1. The fourth-order valence-electron chi connectivity index (χ4n) is 3.38. The van der Waals surface area contributed by atoms with Crippen molar-refractivity contribution in [3.05, 3.63) is 52.3 Å². The second-order valence-corrected chi connectivity index (χ2v) is 6.67. The Bertz CT molecular complexity index is 1130. The van der Waals surface area contributed by atoms with E-state index in [0.717, 1.165) is 21.9 Å². The van der Waals surface area contributed by atoms with E-state index in [9.17, 15) is 14.4 Å². The molecule has 2 amide bonds. The summed E-state index contributed by atoms with van der Waals surface area (Å²) in [6.07, 6.45) is 0.420. The Morgan fingerprint density at radius 2 is 1.76 bits per heavy atom. The maximum Gasteiger partial charge on any atom is 0.307 e. The van der Waals surface area contributed by atoms with Crippen LogP contribution in [-0.2, 0) is 16.0 Å². The van der Waals surface area contributed by atoms with Crippen LogP contribution in [0, 0.1) is 13.8 Å². The van der Waals surface area contributed by atoms with Crippen molar-refractivity contribution in [1.82, 2.24) is 24.5 Å². The van der Waals surface area contributed by atoms with Gasteiger partial charge in [-0.05, 0) is 38.0 Å². The zero-order valence-electron chi connectivity index (χ0n) is 15.9. The lowest BCUT2D eigenvalue weighted by Gasteiger charge is -2.14. The van der Waals surface area contributed by atoms with Crippen LogP contribution in [0.15, 0.2) is 24.3 Å². The summed E-state index contributed by atoms with van der Waals surface area (Å²) in [6, 6.07) is 6.50. The highest BCUT2D eigenvalue weighted by Gasteiger charge is 2.35. The molecule has 0 radical (unpaired) electrons. The Hall–Kier alpha value is -3.82. The van der Waals surface area contributed by atoms with Gasteiger partial charge in [-0.3, -0.25) is 14.4 Å². The summed E-state index contributed by atoms with van der Waals surface area (Å²) < 4.78 is 6.69. The van der Waals surface area contributed by atoms with Crippen LogP contribution >= 0.6 is 0 Å². The smallest absolute Gasteiger partial charge is 0.307 e. The second kappa shape index (κ2) is 6.97. The Balaban J connectivity index is 1.40. The monoisotopic (exact) mass is 394 g/mol. The molecule has 0 atom stereocenters. The van der Waals surface area contributed by atoms with Gasteiger partial charge in [0, 0.05) is 17.8 Å². The number of hydrogen-bond acceptors (Lipinski definition) is 8. The lowest BCUT2D eigenvalue weighted by atomic mass is 10.1. The number of aromatic nitrogens is 4. The highest BCUT2D eigenvalue weighted by molar-refractivity contribution is 6.21. The first-order valence-corrected chi connectivity index (χ1v) is 8.96. The molecule has 1 aromatic carbocycles. The number of ether oxygens (including phenoxy) is 1. The predicted molar refractivity (Wildman–Crippen MR) is 101 cm³/mol. The summed E-state index contributed by atoms with van der Waals surface area (Å²) in [6.45, 7) is 3.24. The molecular formula is C19H18N6O4. The Kier molecular flexibility index (Phi) is 4.45. The van der Waals surface area contributed by atoms with E-state index in [1.165, 1.54) is 4.52 Å². The fourth-order valence-corrected chi connectivity index (χ4v) is 3.38. The number of nitrogen functional groups attached to an aromatic ring is 1. The molecule has 1 aliphatic heterocycles. The highest BCUT2D eigenvalue weighted by Crippen LogP contribution is 2.22. The SMILES string of the molecule is Cc1nc2nc(N)nn2c(C)c1CCC(=O)OCN1C(=O)c2ccccc2C1=O. The lowest BCUT2D eigenvalue weighted by molar-refractivity contribution is -0.146. The first-order chi connectivity index (χ1) is 13.9. The third-order valence-corrected chi connectivity index (χ3v) is 4.88. The van der Waals surface area contributed by atoms with Gasteiger partial charge in [0.2, 0.25) is 5.95 Å². The molecule has 0 saturated heterocycles. The number of nitrogens with zero attached hydrogens (tertiary/aromatic N) is 5. The molecule has 0 fully saturated rings. The van der Waals surface area contributed by atoms with Gasteiger partial charge < -0.3 is 10.5 Å². The number of carbonyl (C=O) groups is 3. The Morgan fingerprint density at radius 1 is 1.10 bits per heavy atom. The van der Waals surface area contributed by atoms with Gasteiger partial charge in [0.05, 0.1) is 11.1 Å². The number of fused-ring (bicyclic) bond motifs is 2. The van der Waals surface area contributed by atoms with Crippen LogP contribution in [-0.4, -0.2) is 49.0 Å². The van der Waals surface area contributed by atoms with Gasteiger partial charge in [-0.2, -0.15) is 9.50 Å². The van der Waals surface area contributed by atoms with Crippen molar-refractivity contribution in [3.8, 4) is 0 Å². The van der Waals surface area contributed by atoms with Crippen molar-refractivity contribution in [3.63, 3.8) is 0 Å². The van der Waals surface area contributed by atoms with Crippen LogP contribution in [0.5, 0.6) is 0 Å². The number of benzene rings is 1. The molecule has 3 heterocycles. The van der Waals surface area contributed by atoms with Crippen molar-refractivity contribution in [2.24, 2.45) is 0 Å². The number of nitrogens with two attached hydrogens (primary N) is 1. The summed E-state index contributed by atoms with van der Waals surface area (Å²) in [5, 5.41) is 4.09. The number of aryl methyl sites for hydroxylation is 2. The van der Waals surface area contributed by atoms with Crippen LogP contribution in [0.3, 0.4) is 0 Å². The molecule has 0 unspecified atom stereocenters. The topological polar surface area (TPSA) is 133 Å². The van der Waals surface area contributed by atoms with E-state index in [2.05, 4.69) is 15.1 Å². The van der Waals surface area contributed by atoms with Gasteiger partial charge in [-0.1, -0.05) is 12.1 Å². The van der Waals surface area contributed by atoms with Gasteiger partial charge >= 0.3 is 5.97 Å². The third kappa shape index (κ3) is 3.18. The maximum atomic E-state index is 12.3. The van der Waals surface area contributed by atoms with E-state index in [1.807, 2.05) is 13.8 Å². The molecule has 0 aliphatic carbocycles. The minimum atomic E-state index is -0.529. The van der Waals surface area contributed by atoms with Gasteiger partial charge in [0.25, 0.3) is 17.6 Å². The van der Waals surface area contributed by atoms with Crippen molar-refractivity contribution in [2.45, 2.75) is 26.7 Å². The lowest BCUT2D eigenvalue weighted by Crippen LogP contribution is -2.33. The first kappa shape index (κ1) is 18.5. The summed E-state index contributed by atoms with van der Waals surface area (Å²) in [5.74, 6) is -0.947. The van der Waals surface area contributed by atoms with Crippen LogP contribution in [0.25, 0.3) is 5.78 Å². The summed E-state index contributed by atoms with van der Waals surface area (Å²) in [5.41, 5.74) is 8.57. The molecular weight excluding hydrogens is 376 g/mol. The molecule has 10 heteroatoms. The van der Waals surface area contributed by atoms with Crippen molar-refractivity contribution >= 4 is 29.5 Å². The van der Waals surface area contributed by atoms with Gasteiger partial charge in [-0.15, -0.1) is 5.10 Å². The number of imide groups is 1. The van der Waals surface area contributed by atoms with Gasteiger partial charge in [-0.25, -0.2) is 9.88 Å². The minimum Gasteiger partial charge on any atom is -0.444 e. The van der Waals surface area contributed by atoms with E-state index in [0.29, 0.717) is 23.3 Å². The zero-order valence-corrected chi connectivity index (χ0v) is 15.9. The maximum absolute atomic E-state index is 12.3. The molecule has 4 rings (SSSR count). The highest BCUT2D eigenvalue weighted by atomic mass is 16.5. The van der Waals surface area contributed by atoms with E-state index >= 15 is 0 Å². The summed E-state index contributed by atoms with van der Waals surface area (Å²) >= 11 is 0. The van der Waals surface area contributed by atoms with Crippen molar-refractivity contribution in [1.29, 1.82) is 0 Å². The van der Waals surface area contributed by atoms with E-state index in [-0.39, 0.29) is 12.4 Å². The molecule has 0 saturated carbocycles. The number of anilines is 1. The quantitative estimate of drug-likeness (QED) is 0.501. The zero-order chi connectivity index (χ0) is 20.7. The van der Waals surface area contributed by atoms with Gasteiger partial charge in [0.1, 0.15) is 0 Å². The van der Waals surface area contributed by atoms with Crippen LogP contribution in [0.2, 0.25) is 0 Å². The van der Waals surface area contributed by atoms with Crippen molar-refractivity contribution in [2.75, 3.05) is 12.5 Å². The predicted octanol–water partition coefficient (Wildman–Crippen LogP) is 1.05. The van der Waals surface area contributed by atoms with Crippen LogP contribution < -0.4 is 5.73 Å². The molecule has 0 spiro atoms. The molecule has 29 heavy (non-hydrogen) atoms. The number of carbonyl (C=O) groups excluding carboxylic acids is 3. The van der Waals surface area contributed by atoms with E-state index < -0.39 is 24.5 Å². The number of esters is 1. The minimum absolute atomic E-state index is 0.0578. The standard InChI is InChI=1S/C19H18N6O4/c1-10-12(11(2)25-19(21-10)22-18(20)23-25)7-8-15(26)29-9-24-16(27)13-5-3-4-6-14(13)17(24)28/h3-6H,7-9H2,1-2H3,(H2,20,23). The van der Waals surface area contributed by atoms with Crippen molar-refractivity contribution < 1.29 is 19.1 Å². The fraction of sp³-hybridized carbons (Fsp3) is 0.263. The molecule has 1 aliphatic rings. The molecule has 0 bridgehead atoms. The Morgan fingerprint density at radius 3 is 2.41 bits per heavy atom.